The molecule has 0 amide bonds. The second-order valence-electron chi connectivity index (χ2n) is 5.71. The first kappa shape index (κ1) is 14.5. The first-order valence-corrected chi connectivity index (χ1v) is 7.32. The van der Waals surface area contributed by atoms with Crippen LogP contribution in [0, 0.1) is 0 Å². The Labute approximate surface area is 117 Å². The van der Waals surface area contributed by atoms with Gasteiger partial charge < -0.3 is 10.2 Å². The Morgan fingerprint density at radius 3 is 2.74 bits per heavy atom. The summed E-state index contributed by atoms with van der Waals surface area (Å²) in [6.45, 7) is 3.43. The number of hydrogen-bond donors (Lipinski definition) is 1. The van der Waals surface area contributed by atoms with Gasteiger partial charge in [0.1, 0.15) is 0 Å². The molecule has 1 fully saturated rings. The molecule has 1 aromatic carbocycles. The zero-order chi connectivity index (χ0) is 13.7. The molecule has 1 saturated heterocycles. The highest BCUT2D eigenvalue weighted by molar-refractivity contribution is 5.19. The van der Waals surface area contributed by atoms with Gasteiger partial charge in [-0.15, -0.1) is 0 Å². The summed E-state index contributed by atoms with van der Waals surface area (Å²) in [7, 11) is 6.55. The van der Waals surface area contributed by atoms with Crippen molar-refractivity contribution >= 4 is 0 Å². The number of nitrogens with zero attached hydrogens (tertiary/aromatic N) is 2. The number of piperidine rings is 1. The predicted molar refractivity (Wildman–Crippen MR) is 81.4 cm³/mol. The molecular weight excluding hydrogens is 234 g/mol. The Morgan fingerprint density at radius 1 is 1.37 bits per heavy atom. The Balaban J connectivity index is 2.09. The summed E-state index contributed by atoms with van der Waals surface area (Å²) < 4.78 is 0. The van der Waals surface area contributed by atoms with Crippen LogP contribution in [-0.4, -0.2) is 56.6 Å². The predicted octanol–water partition coefficient (Wildman–Crippen LogP) is 1.97. The van der Waals surface area contributed by atoms with Crippen LogP contribution < -0.4 is 5.32 Å². The van der Waals surface area contributed by atoms with Crippen LogP contribution in [0.4, 0.5) is 0 Å². The maximum absolute atomic E-state index is 3.34. The lowest BCUT2D eigenvalue weighted by molar-refractivity contribution is 0.0982. The summed E-state index contributed by atoms with van der Waals surface area (Å²) in [6.07, 6.45) is 2.63. The van der Waals surface area contributed by atoms with Crippen molar-refractivity contribution < 1.29 is 0 Å². The SMILES string of the molecule is CNCC(c1ccccc1)N(C)C1CCCN(C)C1. The molecule has 0 radical (unpaired) electrons. The highest BCUT2D eigenvalue weighted by atomic mass is 15.2. The van der Waals surface area contributed by atoms with Crippen LogP contribution in [0.1, 0.15) is 24.4 Å². The van der Waals surface area contributed by atoms with Crippen molar-refractivity contribution in [2.75, 3.05) is 40.8 Å². The summed E-state index contributed by atoms with van der Waals surface area (Å²) >= 11 is 0. The topological polar surface area (TPSA) is 18.5 Å². The summed E-state index contributed by atoms with van der Waals surface area (Å²) in [4.78, 5) is 5.01. The molecule has 1 aliphatic rings. The maximum atomic E-state index is 3.34. The molecule has 0 saturated carbocycles. The fourth-order valence-electron chi connectivity index (χ4n) is 3.09. The van der Waals surface area contributed by atoms with E-state index in [0.717, 1.165) is 6.54 Å². The molecule has 2 unspecified atom stereocenters. The first-order chi connectivity index (χ1) is 9.22. The van der Waals surface area contributed by atoms with Gasteiger partial charge in [0.15, 0.2) is 0 Å². The van der Waals surface area contributed by atoms with E-state index in [0.29, 0.717) is 12.1 Å². The van der Waals surface area contributed by atoms with Crippen molar-refractivity contribution in [1.82, 2.24) is 15.1 Å². The van der Waals surface area contributed by atoms with Crippen LogP contribution in [0.15, 0.2) is 30.3 Å². The lowest BCUT2D eigenvalue weighted by Crippen LogP contribution is -2.47. The van der Waals surface area contributed by atoms with Crippen LogP contribution in [0.25, 0.3) is 0 Å². The standard InChI is InChI=1S/C16H27N3/c1-17-12-16(14-8-5-4-6-9-14)19(3)15-10-7-11-18(2)13-15/h4-6,8-9,15-17H,7,10-13H2,1-3H3. The van der Waals surface area contributed by atoms with E-state index in [1.54, 1.807) is 0 Å². The smallest absolute Gasteiger partial charge is 0.0472 e. The van der Waals surface area contributed by atoms with E-state index in [1.807, 2.05) is 7.05 Å². The molecular formula is C16H27N3. The Bertz CT molecular complexity index is 366. The summed E-state index contributed by atoms with van der Waals surface area (Å²) in [5, 5.41) is 3.34. The van der Waals surface area contributed by atoms with Gasteiger partial charge in [-0.25, -0.2) is 0 Å². The van der Waals surface area contributed by atoms with Crippen molar-refractivity contribution in [3.05, 3.63) is 35.9 Å². The van der Waals surface area contributed by atoms with Gasteiger partial charge in [0, 0.05) is 25.2 Å². The number of rotatable bonds is 5. The molecule has 2 rings (SSSR count). The molecule has 3 heteroatoms. The number of nitrogens with one attached hydrogen (secondary N) is 1. The normalized spacial score (nSPS) is 22.6. The molecule has 0 spiro atoms. The Kier molecular flexibility index (Phi) is 5.37. The number of hydrogen-bond acceptors (Lipinski definition) is 3. The van der Waals surface area contributed by atoms with E-state index in [4.69, 9.17) is 0 Å². The minimum Gasteiger partial charge on any atom is -0.318 e. The third-order valence-electron chi connectivity index (χ3n) is 4.25. The van der Waals surface area contributed by atoms with Crippen LogP contribution in [0.2, 0.25) is 0 Å². The van der Waals surface area contributed by atoms with Crippen molar-refractivity contribution in [2.24, 2.45) is 0 Å². The zero-order valence-corrected chi connectivity index (χ0v) is 12.5. The highest BCUT2D eigenvalue weighted by Gasteiger charge is 2.26. The van der Waals surface area contributed by atoms with Gasteiger partial charge >= 0.3 is 0 Å². The molecule has 0 aliphatic carbocycles. The molecule has 0 aromatic heterocycles. The largest absolute Gasteiger partial charge is 0.318 e. The van der Waals surface area contributed by atoms with Crippen LogP contribution >= 0.6 is 0 Å². The van der Waals surface area contributed by atoms with E-state index in [9.17, 15) is 0 Å². The molecule has 1 N–H and O–H groups in total. The van der Waals surface area contributed by atoms with Gasteiger partial charge in [0.25, 0.3) is 0 Å². The van der Waals surface area contributed by atoms with E-state index >= 15 is 0 Å². The number of benzene rings is 1. The molecule has 106 valence electrons. The van der Waals surface area contributed by atoms with Crippen LogP contribution in [0.3, 0.4) is 0 Å². The quantitative estimate of drug-likeness (QED) is 0.874. The van der Waals surface area contributed by atoms with Gasteiger partial charge in [-0.3, -0.25) is 4.90 Å². The Hall–Kier alpha value is -0.900. The van der Waals surface area contributed by atoms with Gasteiger partial charge in [-0.1, -0.05) is 30.3 Å². The van der Waals surface area contributed by atoms with E-state index in [2.05, 4.69) is 59.5 Å². The molecule has 1 heterocycles. The monoisotopic (exact) mass is 261 g/mol. The molecule has 1 aliphatic heterocycles. The molecule has 1 aromatic rings. The van der Waals surface area contributed by atoms with Crippen LogP contribution in [-0.2, 0) is 0 Å². The Morgan fingerprint density at radius 2 is 2.11 bits per heavy atom. The van der Waals surface area contributed by atoms with Crippen molar-refractivity contribution in [1.29, 1.82) is 0 Å². The van der Waals surface area contributed by atoms with E-state index in [-0.39, 0.29) is 0 Å². The van der Waals surface area contributed by atoms with Crippen molar-refractivity contribution in [3.63, 3.8) is 0 Å². The van der Waals surface area contributed by atoms with Crippen molar-refractivity contribution in [3.8, 4) is 0 Å². The van der Waals surface area contributed by atoms with E-state index in [1.165, 1.54) is 31.5 Å². The number of likely N-dealkylation sites (N-methyl/N-ethyl adjacent to an activating group) is 3. The molecule has 2 atom stereocenters. The number of likely N-dealkylation sites (tertiary alicyclic amines) is 1. The van der Waals surface area contributed by atoms with E-state index < -0.39 is 0 Å². The minimum atomic E-state index is 0.461. The molecule has 0 bridgehead atoms. The third kappa shape index (κ3) is 3.78. The summed E-state index contributed by atoms with van der Waals surface area (Å²) in [5.41, 5.74) is 1.41. The average molecular weight is 261 g/mol. The summed E-state index contributed by atoms with van der Waals surface area (Å²) in [5.74, 6) is 0. The van der Waals surface area contributed by atoms with Gasteiger partial charge in [-0.05, 0) is 46.1 Å². The average Bonchev–Trinajstić information content (AvgIpc) is 2.45. The van der Waals surface area contributed by atoms with Gasteiger partial charge in [0.2, 0.25) is 0 Å². The molecule has 19 heavy (non-hydrogen) atoms. The van der Waals surface area contributed by atoms with Gasteiger partial charge in [-0.2, -0.15) is 0 Å². The van der Waals surface area contributed by atoms with Gasteiger partial charge in [0.05, 0.1) is 0 Å². The maximum Gasteiger partial charge on any atom is 0.0472 e. The lowest BCUT2D eigenvalue weighted by Gasteiger charge is -2.40. The fourth-order valence-corrected chi connectivity index (χ4v) is 3.09. The van der Waals surface area contributed by atoms with Crippen LogP contribution in [0.5, 0.6) is 0 Å². The lowest BCUT2D eigenvalue weighted by atomic mass is 9.99. The fraction of sp³-hybridized carbons (Fsp3) is 0.625. The second-order valence-corrected chi connectivity index (χ2v) is 5.71. The summed E-state index contributed by atoms with van der Waals surface area (Å²) in [6, 6.07) is 12.0. The van der Waals surface area contributed by atoms with Crippen molar-refractivity contribution in [2.45, 2.75) is 24.9 Å². The third-order valence-corrected chi connectivity index (χ3v) is 4.25. The minimum absolute atomic E-state index is 0.461. The second kappa shape index (κ2) is 7.04. The zero-order valence-electron chi connectivity index (χ0n) is 12.5. The first-order valence-electron chi connectivity index (χ1n) is 7.32. The highest BCUT2D eigenvalue weighted by Crippen LogP contribution is 2.24. The molecule has 3 nitrogen and oxygen atoms in total.